The Morgan fingerprint density at radius 3 is 1.92 bits per heavy atom. The zero-order valence-corrected chi connectivity index (χ0v) is 7.78. The van der Waals surface area contributed by atoms with E-state index in [4.69, 9.17) is 9.47 Å². The van der Waals surface area contributed by atoms with Crippen molar-refractivity contribution in [3.8, 4) is 0 Å². The number of rotatable bonds is 3. The van der Waals surface area contributed by atoms with Gasteiger partial charge in [-0.05, 0) is 0 Å². The normalized spacial score (nSPS) is 9.58. The molecule has 0 N–H and O–H groups in total. The zero-order chi connectivity index (χ0) is 8.10. The van der Waals surface area contributed by atoms with E-state index in [1.54, 1.807) is 14.2 Å². The molecule has 0 aliphatic heterocycles. The van der Waals surface area contributed by atoms with E-state index in [-0.39, 0.29) is 25.2 Å². The molecule has 0 aliphatic rings. The van der Waals surface area contributed by atoms with Crippen LogP contribution in [0.5, 0.6) is 0 Å². The van der Waals surface area contributed by atoms with E-state index >= 15 is 0 Å². The molecular weight excluding hydrogens is 147 g/mol. The van der Waals surface area contributed by atoms with Crippen LogP contribution < -0.4 is 0 Å². The molecule has 0 bridgehead atoms. The smallest absolute Gasteiger partial charge is 0.183 e. The minimum atomic E-state index is -0.240. The van der Waals surface area contributed by atoms with Crippen molar-refractivity contribution in [3.63, 3.8) is 0 Å². The molecule has 1 rings (SSSR count). The SMILES string of the molecule is COC(OC)c1ccccc1.[Li]. The minimum absolute atomic E-state index is 0. The molecule has 0 aromatic heterocycles. The van der Waals surface area contributed by atoms with E-state index in [2.05, 4.69) is 0 Å². The molecule has 0 atom stereocenters. The summed E-state index contributed by atoms with van der Waals surface area (Å²) in [6.07, 6.45) is -0.240. The molecule has 3 heteroatoms. The van der Waals surface area contributed by atoms with Crippen LogP contribution in [0.2, 0.25) is 0 Å². The third-order valence-corrected chi connectivity index (χ3v) is 1.50. The average Bonchev–Trinajstić information content (AvgIpc) is 2.09. The van der Waals surface area contributed by atoms with Gasteiger partial charge in [-0.25, -0.2) is 0 Å². The van der Waals surface area contributed by atoms with Crippen molar-refractivity contribution in [2.75, 3.05) is 14.2 Å². The fourth-order valence-electron chi connectivity index (χ4n) is 0.979. The fourth-order valence-corrected chi connectivity index (χ4v) is 0.979. The summed E-state index contributed by atoms with van der Waals surface area (Å²) in [6.45, 7) is 0. The zero-order valence-electron chi connectivity index (χ0n) is 7.78. The first-order valence-electron chi connectivity index (χ1n) is 3.49. The number of ether oxygens (including phenoxy) is 2. The van der Waals surface area contributed by atoms with E-state index in [1.807, 2.05) is 30.3 Å². The summed E-state index contributed by atoms with van der Waals surface area (Å²) in [6, 6.07) is 9.82. The molecule has 0 saturated heterocycles. The molecule has 2 nitrogen and oxygen atoms in total. The minimum Gasteiger partial charge on any atom is -0.352 e. The molecule has 0 heterocycles. The van der Waals surface area contributed by atoms with Crippen molar-refractivity contribution in [3.05, 3.63) is 35.9 Å². The van der Waals surface area contributed by atoms with Gasteiger partial charge in [-0.15, -0.1) is 0 Å². The van der Waals surface area contributed by atoms with Gasteiger partial charge in [0.15, 0.2) is 6.29 Å². The quantitative estimate of drug-likeness (QED) is 0.492. The first-order valence-corrected chi connectivity index (χ1v) is 3.49. The number of hydrogen-bond acceptors (Lipinski definition) is 2. The van der Waals surface area contributed by atoms with E-state index in [1.165, 1.54) is 0 Å². The topological polar surface area (TPSA) is 18.5 Å². The summed E-state index contributed by atoms with van der Waals surface area (Å²) >= 11 is 0. The van der Waals surface area contributed by atoms with Crippen LogP contribution in [0.25, 0.3) is 0 Å². The van der Waals surface area contributed by atoms with Crippen LogP contribution in [0.15, 0.2) is 30.3 Å². The summed E-state index contributed by atoms with van der Waals surface area (Å²) in [5.74, 6) is 0. The third kappa shape index (κ3) is 3.00. The maximum atomic E-state index is 5.06. The largest absolute Gasteiger partial charge is 0.352 e. The van der Waals surface area contributed by atoms with Gasteiger partial charge < -0.3 is 9.47 Å². The molecule has 1 aromatic carbocycles. The molecule has 0 unspecified atom stereocenters. The van der Waals surface area contributed by atoms with E-state index in [0.29, 0.717) is 0 Å². The molecule has 0 saturated carbocycles. The summed E-state index contributed by atoms with van der Waals surface area (Å²) in [5.41, 5.74) is 1.04. The van der Waals surface area contributed by atoms with E-state index < -0.39 is 0 Å². The monoisotopic (exact) mass is 159 g/mol. The maximum Gasteiger partial charge on any atom is 0.183 e. The summed E-state index contributed by atoms with van der Waals surface area (Å²) in [5, 5.41) is 0. The van der Waals surface area contributed by atoms with Gasteiger partial charge in [0, 0.05) is 38.6 Å². The summed E-state index contributed by atoms with van der Waals surface area (Å²) in [7, 11) is 3.25. The van der Waals surface area contributed by atoms with Crippen LogP contribution in [-0.2, 0) is 9.47 Å². The van der Waals surface area contributed by atoms with E-state index in [9.17, 15) is 0 Å². The summed E-state index contributed by atoms with van der Waals surface area (Å²) < 4.78 is 10.1. The van der Waals surface area contributed by atoms with Crippen LogP contribution >= 0.6 is 0 Å². The van der Waals surface area contributed by atoms with E-state index in [0.717, 1.165) is 5.56 Å². The first kappa shape index (κ1) is 11.7. The van der Waals surface area contributed by atoms with Crippen LogP contribution in [0.4, 0.5) is 0 Å². The molecule has 0 aliphatic carbocycles. The second kappa shape index (κ2) is 6.28. The number of benzene rings is 1. The van der Waals surface area contributed by atoms with Gasteiger partial charge in [-0.2, -0.15) is 0 Å². The Hall–Kier alpha value is -0.263. The molecule has 0 fully saturated rings. The van der Waals surface area contributed by atoms with Crippen molar-refractivity contribution < 1.29 is 9.47 Å². The molecule has 12 heavy (non-hydrogen) atoms. The van der Waals surface area contributed by atoms with Gasteiger partial charge in [0.1, 0.15) is 0 Å². The second-order valence-electron chi connectivity index (χ2n) is 2.21. The Morgan fingerprint density at radius 1 is 1.00 bits per heavy atom. The standard InChI is InChI=1S/C9H12O2.Li/c1-10-9(11-2)8-6-4-3-5-7-8;/h3-7,9H,1-2H3;. The molecule has 1 aromatic rings. The maximum absolute atomic E-state index is 5.06. The Balaban J connectivity index is 0.00000121. The Morgan fingerprint density at radius 2 is 1.50 bits per heavy atom. The first-order chi connectivity index (χ1) is 5.38. The number of methoxy groups -OCH3 is 2. The van der Waals surface area contributed by atoms with Crippen molar-refractivity contribution in [2.45, 2.75) is 6.29 Å². The third-order valence-electron chi connectivity index (χ3n) is 1.50. The van der Waals surface area contributed by atoms with Gasteiger partial charge in [0.25, 0.3) is 0 Å². The van der Waals surface area contributed by atoms with Gasteiger partial charge in [-0.3, -0.25) is 0 Å². The number of hydrogen-bond donors (Lipinski definition) is 0. The van der Waals surface area contributed by atoms with Crippen molar-refractivity contribution in [1.82, 2.24) is 0 Å². The Labute approximate surface area is 85.1 Å². The fraction of sp³-hybridized carbons (Fsp3) is 0.333. The van der Waals surface area contributed by atoms with Crippen LogP contribution in [0, 0.1) is 0 Å². The van der Waals surface area contributed by atoms with Crippen molar-refractivity contribution in [2.24, 2.45) is 0 Å². The Bertz CT molecular complexity index is 197. The molecular formula is C9H12LiO2. The Kier molecular flexibility index (Phi) is 6.14. The molecule has 0 spiro atoms. The van der Waals surface area contributed by atoms with Gasteiger partial charge >= 0.3 is 0 Å². The van der Waals surface area contributed by atoms with Crippen LogP contribution in [0.1, 0.15) is 11.9 Å². The second-order valence-corrected chi connectivity index (χ2v) is 2.21. The van der Waals surface area contributed by atoms with Crippen LogP contribution in [0.3, 0.4) is 0 Å². The molecule has 1 radical (unpaired) electrons. The molecule has 61 valence electrons. The average molecular weight is 159 g/mol. The van der Waals surface area contributed by atoms with Crippen LogP contribution in [-0.4, -0.2) is 33.1 Å². The molecule has 0 amide bonds. The van der Waals surface area contributed by atoms with Gasteiger partial charge in [-0.1, -0.05) is 30.3 Å². The van der Waals surface area contributed by atoms with Gasteiger partial charge in [0.05, 0.1) is 0 Å². The predicted octanol–water partition coefficient (Wildman–Crippen LogP) is 1.60. The van der Waals surface area contributed by atoms with Gasteiger partial charge in [0.2, 0.25) is 0 Å². The predicted molar refractivity (Wildman–Crippen MR) is 49.0 cm³/mol. The summed E-state index contributed by atoms with van der Waals surface area (Å²) in [4.78, 5) is 0. The van der Waals surface area contributed by atoms with Crippen molar-refractivity contribution in [1.29, 1.82) is 0 Å². The van der Waals surface area contributed by atoms with Crippen molar-refractivity contribution >= 4 is 18.9 Å².